The fraction of sp³-hybridized carbons (Fsp3) is 1.00. The Morgan fingerprint density at radius 1 is 1.47 bits per heavy atom. The second-order valence-corrected chi connectivity index (χ2v) is 5.42. The molecule has 1 aliphatic rings. The number of hydrogen-bond donors (Lipinski definition) is 1. The van der Waals surface area contributed by atoms with Crippen LogP contribution < -0.4 is 5.73 Å². The van der Waals surface area contributed by atoms with Crippen molar-refractivity contribution < 1.29 is 4.74 Å². The van der Waals surface area contributed by atoms with Crippen LogP contribution in [0.5, 0.6) is 0 Å². The Hall–Kier alpha value is -0.120. The lowest BCUT2D eigenvalue weighted by molar-refractivity contribution is 0.107. The van der Waals surface area contributed by atoms with Crippen LogP contribution in [-0.4, -0.2) is 44.3 Å². The molecule has 1 rings (SSSR count). The molecule has 0 spiro atoms. The number of nitrogens with two attached hydrogens (primary N) is 1. The van der Waals surface area contributed by atoms with E-state index in [0.717, 1.165) is 13.1 Å². The van der Waals surface area contributed by atoms with Crippen molar-refractivity contribution in [2.45, 2.75) is 39.2 Å². The van der Waals surface area contributed by atoms with Crippen molar-refractivity contribution in [3.63, 3.8) is 0 Å². The first kappa shape index (κ1) is 12.9. The summed E-state index contributed by atoms with van der Waals surface area (Å²) in [6.45, 7) is 8.78. The highest BCUT2D eigenvalue weighted by atomic mass is 16.5. The van der Waals surface area contributed by atoms with Crippen molar-refractivity contribution in [2.24, 2.45) is 11.1 Å². The van der Waals surface area contributed by atoms with Crippen LogP contribution in [0.2, 0.25) is 0 Å². The Balaban J connectivity index is 2.11. The summed E-state index contributed by atoms with van der Waals surface area (Å²) in [5.74, 6) is 0. The van der Waals surface area contributed by atoms with Crippen LogP contribution in [0.25, 0.3) is 0 Å². The molecule has 0 aliphatic carbocycles. The van der Waals surface area contributed by atoms with Crippen molar-refractivity contribution in [2.75, 3.05) is 33.3 Å². The molecular weight excluding hydrogens is 188 g/mol. The molecule has 3 nitrogen and oxygen atoms in total. The summed E-state index contributed by atoms with van der Waals surface area (Å²) >= 11 is 0. The minimum atomic E-state index is 0.306. The molecule has 90 valence electrons. The van der Waals surface area contributed by atoms with E-state index in [9.17, 15) is 0 Å². The highest BCUT2D eigenvalue weighted by Gasteiger charge is 2.22. The quantitative estimate of drug-likeness (QED) is 0.728. The van der Waals surface area contributed by atoms with Crippen molar-refractivity contribution in [1.82, 2.24) is 4.90 Å². The van der Waals surface area contributed by atoms with Gasteiger partial charge in [-0.1, -0.05) is 13.8 Å². The molecule has 0 amide bonds. The van der Waals surface area contributed by atoms with E-state index in [0.29, 0.717) is 11.5 Å². The minimum Gasteiger partial charge on any atom is -0.380 e. The summed E-state index contributed by atoms with van der Waals surface area (Å²) in [4.78, 5) is 2.50. The van der Waals surface area contributed by atoms with Crippen LogP contribution in [0.1, 0.15) is 33.1 Å². The summed E-state index contributed by atoms with van der Waals surface area (Å²) in [5, 5.41) is 0. The van der Waals surface area contributed by atoms with Gasteiger partial charge in [-0.25, -0.2) is 0 Å². The third kappa shape index (κ3) is 4.49. The van der Waals surface area contributed by atoms with E-state index < -0.39 is 0 Å². The predicted molar refractivity (Wildman–Crippen MR) is 63.9 cm³/mol. The Kier molecular flexibility index (Phi) is 5.03. The summed E-state index contributed by atoms with van der Waals surface area (Å²) < 4.78 is 5.35. The van der Waals surface area contributed by atoms with Crippen molar-refractivity contribution >= 4 is 0 Å². The van der Waals surface area contributed by atoms with E-state index >= 15 is 0 Å². The summed E-state index contributed by atoms with van der Waals surface area (Å²) in [6, 6.07) is 0. The highest BCUT2D eigenvalue weighted by molar-refractivity contribution is 4.77. The van der Waals surface area contributed by atoms with E-state index in [4.69, 9.17) is 10.5 Å². The smallest absolute Gasteiger partial charge is 0.0710 e. The average Bonchev–Trinajstić information content (AvgIpc) is 2.66. The first-order valence-corrected chi connectivity index (χ1v) is 6.02. The van der Waals surface area contributed by atoms with Gasteiger partial charge in [-0.05, 0) is 37.8 Å². The molecule has 0 radical (unpaired) electrons. The van der Waals surface area contributed by atoms with Gasteiger partial charge in [0.05, 0.1) is 6.10 Å². The van der Waals surface area contributed by atoms with Crippen LogP contribution in [0.3, 0.4) is 0 Å². The number of likely N-dealkylation sites (tertiary alicyclic amines) is 1. The van der Waals surface area contributed by atoms with Gasteiger partial charge in [-0.2, -0.15) is 0 Å². The molecular formula is C12H26N2O. The van der Waals surface area contributed by atoms with E-state index in [1.165, 1.54) is 32.4 Å². The second-order valence-electron chi connectivity index (χ2n) is 5.42. The normalized spacial score (nSPS) is 23.6. The summed E-state index contributed by atoms with van der Waals surface area (Å²) in [6.07, 6.45) is 4.13. The molecule has 0 saturated carbocycles. The third-order valence-electron chi connectivity index (χ3n) is 3.44. The average molecular weight is 214 g/mol. The molecule has 1 saturated heterocycles. The number of methoxy groups -OCH3 is 1. The molecule has 1 unspecified atom stereocenters. The molecule has 0 aromatic heterocycles. The van der Waals surface area contributed by atoms with Gasteiger partial charge in [0.15, 0.2) is 0 Å². The van der Waals surface area contributed by atoms with Gasteiger partial charge < -0.3 is 15.4 Å². The standard InChI is InChI=1S/C12H26N2O/c1-12(2,10-13)6-4-7-14-8-5-11(9-14)15-3/h11H,4-10,13H2,1-3H3. The number of nitrogens with zero attached hydrogens (tertiary/aromatic N) is 1. The van der Waals surface area contributed by atoms with E-state index in [2.05, 4.69) is 18.7 Å². The van der Waals surface area contributed by atoms with Gasteiger partial charge in [-0.15, -0.1) is 0 Å². The topological polar surface area (TPSA) is 38.5 Å². The zero-order valence-corrected chi connectivity index (χ0v) is 10.5. The van der Waals surface area contributed by atoms with Crippen LogP contribution in [0.15, 0.2) is 0 Å². The zero-order valence-electron chi connectivity index (χ0n) is 10.5. The van der Waals surface area contributed by atoms with E-state index in [1.807, 2.05) is 7.11 Å². The fourth-order valence-corrected chi connectivity index (χ4v) is 2.08. The number of hydrogen-bond acceptors (Lipinski definition) is 3. The fourth-order valence-electron chi connectivity index (χ4n) is 2.08. The molecule has 15 heavy (non-hydrogen) atoms. The van der Waals surface area contributed by atoms with Crippen LogP contribution >= 0.6 is 0 Å². The molecule has 0 aromatic rings. The maximum absolute atomic E-state index is 5.71. The first-order valence-electron chi connectivity index (χ1n) is 6.02. The molecule has 1 heterocycles. The molecule has 1 atom stereocenters. The Labute approximate surface area is 94.0 Å². The predicted octanol–water partition coefficient (Wildman–Crippen LogP) is 1.47. The van der Waals surface area contributed by atoms with Crippen LogP contribution in [0, 0.1) is 5.41 Å². The Bertz CT molecular complexity index is 182. The van der Waals surface area contributed by atoms with Crippen molar-refractivity contribution in [3.05, 3.63) is 0 Å². The largest absolute Gasteiger partial charge is 0.380 e. The maximum Gasteiger partial charge on any atom is 0.0710 e. The highest BCUT2D eigenvalue weighted by Crippen LogP contribution is 2.21. The van der Waals surface area contributed by atoms with Gasteiger partial charge in [0.1, 0.15) is 0 Å². The van der Waals surface area contributed by atoms with E-state index in [-0.39, 0.29) is 0 Å². The molecule has 1 fully saturated rings. The van der Waals surface area contributed by atoms with Gasteiger partial charge in [-0.3, -0.25) is 0 Å². The van der Waals surface area contributed by atoms with Crippen molar-refractivity contribution in [3.8, 4) is 0 Å². The minimum absolute atomic E-state index is 0.306. The van der Waals surface area contributed by atoms with Crippen LogP contribution in [0.4, 0.5) is 0 Å². The zero-order chi connectivity index (χ0) is 11.3. The number of ether oxygens (including phenoxy) is 1. The Morgan fingerprint density at radius 2 is 2.20 bits per heavy atom. The van der Waals surface area contributed by atoms with Gasteiger partial charge in [0.2, 0.25) is 0 Å². The van der Waals surface area contributed by atoms with Gasteiger partial charge in [0.25, 0.3) is 0 Å². The second kappa shape index (κ2) is 5.83. The molecule has 3 heteroatoms. The first-order chi connectivity index (χ1) is 7.07. The van der Waals surface area contributed by atoms with Gasteiger partial charge >= 0.3 is 0 Å². The lowest BCUT2D eigenvalue weighted by Gasteiger charge is -2.24. The monoisotopic (exact) mass is 214 g/mol. The number of rotatable bonds is 6. The summed E-state index contributed by atoms with van der Waals surface area (Å²) in [5.41, 5.74) is 6.02. The Morgan fingerprint density at radius 3 is 2.73 bits per heavy atom. The summed E-state index contributed by atoms with van der Waals surface area (Å²) in [7, 11) is 1.81. The lowest BCUT2D eigenvalue weighted by Crippen LogP contribution is -2.27. The van der Waals surface area contributed by atoms with E-state index in [1.54, 1.807) is 0 Å². The van der Waals surface area contributed by atoms with Crippen LogP contribution in [-0.2, 0) is 4.74 Å². The van der Waals surface area contributed by atoms with Crippen molar-refractivity contribution in [1.29, 1.82) is 0 Å². The SMILES string of the molecule is COC1CCN(CCCC(C)(C)CN)C1. The maximum atomic E-state index is 5.71. The molecule has 0 aromatic carbocycles. The third-order valence-corrected chi connectivity index (χ3v) is 3.44. The van der Waals surface area contributed by atoms with Gasteiger partial charge in [0, 0.05) is 20.2 Å². The molecule has 0 bridgehead atoms. The molecule has 1 aliphatic heterocycles. The lowest BCUT2D eigenvalue weighted by atomic mass is 9.88. The molecule has 2 N–H and O–H groups in total.